The van der Waals surface area contributed by atoms with E-state index in [0.717, 1.165) is 22.5 Å². The molecule has 0 aliphatic carbocycles. The zero-order chi connectivity index (χ0) is 25.9. The third-order valence-electron chi connectivity index (χ3n) is 5.76. The molecule has 5 rings (SSSR count). The molecule has 0 spiro atoms. The number of benzene rings is 2. The molecule has 3 heterocycles. The highest BCUT2D eigenvalue weighted by atomic mass is 16.2. The van der Waals surface area contributed by atoms with Crippen LogP contribution in [0.15, 0.2) is 60.9 Å². The lowest BCUT2D eigenvalue weighted by molar-refractivity contribution is -0.116. The molecule has 5 aromatic rings. The van der Waals surface area contributed by atoms with E-state index in [1.54, 1.807) is 27.7 Å². The van der Waals surface area contributed by atoms with Gasteiger partial charge in [-0.2, -0.15) is 20.3 Å². The maximum absolute atomic E-state index is 12.7. The number of aryl methyl sites for hydroxylation is 2. The van der Waals surface area contributed by atoms with Crippen LogP contribution in [-0.2, 0) is 17.9 Å². The van der Waals surface area contributed by atoms with Gasteiger partial charge in [0.1, 0.15) is 12.4 Å². The molecule has 0 saturated carbocycles. The van der Waals surface area contributed by atoms with Crippen LogP contribution in [0.2, 0.25) is 0 Å². The number of nitrogens with two attached hydrogens (primary N) is 1. The summed E-state index contributed by atoms with van der Waals surface area (Å²) in [6.07, 6.45) is 1.54. The number of nitriles is 1. The summed E-state index contributed by atoms with van der Waals surface area (Å²) >= 11 is 0. The van der Waals surface area contributed by atoms with Crippen LogP contribution in [0.5, 0.6) is 0 Å². The molecule has 184 valence electrons. The van der Waals surface area contributed by atoms with Gasteiger partial charge in [0.25, 0.3) is 0 Å². The van der Waals surface area contributed by atoms with Gasteiger partial charge >= 0.3 is 0 Å². The number of rotatable bonds is 7. The maximum Gasteiger partial charge on any atom is 0.245 e. The first-order valence-corrected chi connectivity index (χ1v) is 11.6. The van der Waals surface area contributed by atoms with Crippen molar-refractivity contribution in [3.05, 3.63) is 72.2 Å². The van der Waals surface area contributed by atoms with Gasteiger partial charge in [-0.15, -0.1) is 0 Å². The molecule has 0 atom stereocenters. The fraction of sp³-hybridized carbons (Fsp3) is 0.154. The minimum Gasteiger partial charge on any atom is -0.368 e. The Morgan fingerprint density at radius 1 is 1.08 bits per heavy atom. The Bertz CT molecular complexity index is 1630. The maximum atomic E-state index is 12.7. The van der Waals surface area contributed by atoms with Crippen LogP contribution < -0.4 is 16.4 Å². The molecule has 11 heteroatoms. The first-order valence-electron chi connectivity index (χ1n) is 11.6. The van der Waals surface area contributed by atoms with Gasteiger partial charge in [-0.1, -0.05) is 24.3 Å². The second-order valence-electron chi connectivity index (χ2n) is 8.40. The van der Waals surface area contributed by atoms with E-state index >= 15 is 0 Å². The molecular weight excluding hydrogens is 468 g/mol. The molecule has 0 unspecified atom stereocenters. The second-order valence-corrected chi connectivity index (χ2v) is 8.40. The van der Waals surface area contributed by atoms with E-state index in [4.69, 9.17) is 11.0 Å². The molecule has 0 aliphatic heterocycles. The van der Waals surface area contributed by atoms with Crippen molar-refractivity contribution in [3.8, 4) is 17.2 Å². The van der Waals surface area contributed by atoms with Crippen LogP contribution in [0, 0.1) is 18.3 Å². The van der Waals surface area contributed by atoms with Crippen LogP contribution in [0.4, 0.5) is 23.3 Å². The molecule has 0 radical (unpaired) electrons. The number of hydrogen-bond acceptors (Lipinski definition) is 8. The Morgan fingerprint density at radius 3 is 2.46 bits per heavy atom. The first kappa shape index (κ1) is 23.5. The van der Waals surface area contributed by atoms with Gasteiger partial charge in [0.15, 0.2) is 17.0 Å². The van der Waals surface area contributed by atoms with Crippen molar-refractivity contribution in [2.24, 2.45) is 0 Å². The van der Waals surface area contributed by atoms with E-state index in [-0.39, 0.29) is 18.4 Å². The fourth-order valence-electron chi connectivity index (χ4n) is 4.01. The number of amides is 1. The number of aromatic nitrogens is 6. The molecule has 4 N–H and O–H groups in total. The normalized spacial score (nSPS) is 10.8. The zero-order valence-corrected chi connectivity index (χ0v) is 20.3. The monoisotopic (exact) mass is 492 g/mol. The Labute approximate surface area is 212 Å². The van der Waals surface area contributed by atoms with Crippen molar-refractivity contribution in [2.45, 2.75) is 26.9 Å². The highest BCUT2D eigenvalue weighted by Gasteiger charge is 2.16. The topological polar surface area (TPSA) is 152 Å². The van der Waals surface area contributed by atoms with Crippen LogP contribution in [0.25, 0.3) is 22.3 Å². The summed E-state index contributed by atoms with van der Waals surface area (Å²) in [5, 5.41) is 19.5. The van der Waals surface area contributed by atoms with Crippen molar-refractivity contribution in [2.75, 3.05) is 16.4 Å². The SMILES string of the molecule is CCn1nc(C)cc1NC(=O)Cn1cnc2c(Nc3ccc(-c4ccc(C#N)cc4)cc3)nc(N)nc21. The Morgan fingerprint density at radius 2 is 1.78 bits per heavy atom. The molecule has 0 fully saturated rings. The fourth-order valence-corrected chi connectivity index (χ4v) is 4.01. The second kappa shape index (κ2) is 9.79. The van der Waals surface area contributed by atoms with E-state index in [1.165, 1.54) is 0 Å². The molecule has 2 aromatic carbocycles. The highest BCUT2D eigenvalue weighted by molar-refractivity contribution is 5.92. The zero-order valence-electron chi connectivity index (χ0n) is 20.3. The summed E-state index contributed by atoms with van der Waals surface area (Å²) < 4.78 is 3.36. The number of nitrogens with zero attached hydrogens (tertiary/aromatic N) is 7. The van der Waals surface area contributed by atoms with Gasteiger partial charge in [0, 0.05) is 18.3 Å². The number of imidazole rings is 1. The van der Waals surface area contributed by atoms with Gasteiger partial charge in [-0.3, -0.25) is 4.79 Å². The summed E-state index contributed by atoms with van der Waals surface area (Å²) in [4.78, 5) is 25.8. The predicted molar refractivity (Wildman–Crippen MR) is 141 cm³/mol. The Balaban J connectivity index is 1.35. The molecule has 3 aromatic heterocycles. The first-order chi connectivity index (χ1) is 17.9. The molecule has 0 aliphatic rings. The van der Waals surface area contributed by atoms with E-state index in [2.05, 4.69) is 36.8 Å². The number of nitrogen functional groups attached to an aromatic ring is 1. The van der Waals surface area contributed by atoms with Crippen molar-refractivity contribution >= 4 is 40.3 Å². The lowest BCUT2D eigenvalue weighted by Gasteiger charge is -2.10. The summed E-state index contributed by atoms with van der Waals surface area (Å²) in [5.74, 6) is 0.896. The minimum atomic E-state index is -0.237. The largest absolute Gasteiger partial charge is 0.368 e. The molecule has 0 saturated heterocycles. The molecule has 37 heavy (non-hydrogen) atoms. The van der Waals surface area contributed by atoms with E-state index < -0.39 is 0 Å². The van der Waals surface area contributed by atoms with Gasteiger partial charge in [0.05, 0.1) is 23.7 Å². The molecule has 1 amide bonds. The Kier molecular flexibility index (Phi) is 6.22. The van der Waals surface area contributed by atoms with Crippen LogP contribution >= 0.6 is 0 Å². The summed E-state index contributed by atoms with van der Waals surface area (Å²) in [5.41, 5.74) is 11.2. The number of nitrogens with one attached hydrogen (secondary N) is 2. The molecule has 11 nitrogen and oxygen atoms in total. The number of carbonyl (C=O) groups is 1. The predicted octanol–water partition coefficient (Wildman–Crippen LogP) is 3.85. The standard InChI is InChI=1S/C26H24N10O/c1-3-36-21(12-16(2)34-36)31-22(37)14-35-15-29-23-24(32-26(28)33-25(23)35)30-20-10-8-19(9-11-20)18-6-4-17(13-27)5-7-18/h4-12,15H,3,14H2,1-2H3,(H,31,37)(H3,28,30,32,33). The van der Waals surface area contributed by atoms with Gasteiger partial charge in [-0.25, -0.2) is 9.67 Å². The summed E-state index contributed by atoms with van der Waals surface area (Å²) in [6.45, 7) is 4.48. The van der Waals surface area contributed by atoms with E-state index in [0.29, 0.717) is 34.9 Å². The highest BCUT2D eigenvalue weighted by Crippen LogP contribution is 2.26. The van der Waals surface area contributed by atoms with Gasteiger partial charge < -0.3 is 20.9 Å². The van der Waals surface area contributed by atoms with Gasteiger partial charge in [-0.05, 0) is 49.2 Å². The average Bonchev–Trinajstić information content (AvgIpc) is 3.46. The molecule has 0 bridgehead atoms. The van der Waals surface area contributed by atoms with E-state index in [1.807, 2.05) is 56.3 Å². The Hall–Kier alpha value is -5.24. The molecular formula is C26H24N10O. The van der Waals surface area contributed by atoms with Crippen molar-refractivity contribution in [1.82, 2.24) is 29.3 Å². The third-order valence-corrected chi connectivity index (χ3v) is 5.76. The lowest BCUT2D eigenvalue weighted by Crippen LogP contribution is -2.20. The van der Waals surface area contributed by atoms with Crippen LogP contribution in [0.3, 0.4) is 0 Å². The van der Waals surface area contributed by atoms with Crippen molar-refractivity contribution < 1.29 is 4.79 Å². The number of hydrogen-bond donors (Lipinski definition) is 3. The van der Waals surface area contributed by atoms with Gasteiger partial charge in [0.2, 0.25) is 11.9 Å². The third kappa shape index (κ3) is 4.94. The van der Waals surface area contributed by atoms with Crippen LogP contribution in [-0.4, -0.2) is 35.2 Å². The van der Waals surface area contributed by atoms with E-state index in [9.17, 15) is 4.79 Å². The smallest absolute Gasteiger partial charge is 0.245 e. The van der Waals surface area contributed by atoms with Crippen LogP contribution in [0.1, 0.15) is 18.2 Å². The number of carbonyl (C=O) groups excluding carboxylic acids is 1. The van der Waals surface area contributed by atoms with Crippen molar-refractivity contribution in [3.63, 3.8) is 0 Å². The van der Waals surface area contributed by atoms with Crippen molar-refractivity contribution in [1.29, 1.82) is 5.26 Å². The summed E-state index contributed by atoms with van der Waals surface area (Å²) in [6, 6.07) is 19.1. The average molecular weight is 493 g/mol. The number of fused-ring (bicyclic) bond motifs is 1. The number of anilines is 4. The lowest BCUT2D eigenvalue weighted by atomic mass is 10.0. The quantitative estimate of drug-likeness (QED) is 0.310. The summed E-state index contributed by atoms with van der Waals surface area (Å²) in [7, 11) is 0. The minimum absolute atomic E-state index is 0.000374.